The highest BCUT2D eigenvalue weighted by molar-refractivity contribution is 5.84. The number of imidazole rings is 1. The van der Waals surface area contributed by atoms with Crippen molar-refractivity contribution in [3.05, 3.63) is 85.3 Å². The van der Waals surface area contributed by atoms with Crippen molar-refractivity contribution in [1.82, 2.24) is 14.5 Å². The SMILES string of the molecule is [CH2]Cc1ccc(-n2c(CC)nc3cc(-c4ccncc4)ccc32)cc1. The van der Waals surface area contributed by atoms with Crippen LogP contribution in [-0.4, -0.2) is 14.5 Å². The number of aromatic nitrogens is 3. The fraction of sp³-hybridized carbons (Fsp3) is 0.136. The summed E-state index contributed by atoms with van der Waals surface area (Å²) in [4.78, 5) is 8.97. The Labute approximate surface area is 148 Å². The van der Waals surface area contributed by atoms with Gasteiger partial charge in [0, 0.05) is 24.5 Å². The number of benzene rings is 2. The molecular formula is C22H20N3. The molecule has 2 aromatic heterocycles. The molecule has 0 atom stereocenters. The Bertz CT molecular complexity index is 999. The zero-order chi connectivity index (χ0) is 17.2. The van der Waals surface area contributed by atoms with Crippen molar-refractivity contribution in [2.45, 2.75) is 19.8 Å². The van der Waals surface area contributed by atoms with Crippen molar-refractivity contribution in [2.75, 3.05) is 0 Å². The van der Waals surface area contributed by atoms with E-state index in [0.717, 1.165) is 46.5 Å². The lowest BCUT2D eigenvalue weighted by Crippen LogP contribution is -2.00. The van der Waals surface area contributed by atoms with Gasteiger partial charge in [-0.15, -0.1) is 0 Å². The summed E-state index contributed by atoms with van der Waals surface area (Å²) in [6.07, 6.45) is 5.33. The maximum atomic E-state index is 4.87. The molecule has 0 saturated carbocycles. The van der Waals surface area contributed by atoms with Crippen LogP contribution in [0.3, 0.4) is 0 Å². The predicted molar refractivity (Wildman–Crippen MR) is 103 cm³/mol. The van der Waals surface area contributed by atoms with Crippen molar-refractivity contribution >= 4 is 11.0 Å². The topological polar surface area (TPSA) is 30.7 Å². The van der Waals surface area contributed by atoms with Crippen LogP contribution in [0.15, 0.2) is 67.0 Å². The van der Waals surface area contributed by atoms with Gasteiger partial charge in [0.1, 0.15) is 5.82 Å². The molecule has 0 N–H and O–H groups in total. The summed E-state index contributed by atoms with van der Waals surface area (Å²) >= 11 is 0. The zero-order valence-corrected chi connectivity index (χ0v) is 14.3. The summed E-state index contributed by atoms with van der Waals surface area (Å²) in [5.41, 5.74) is 6.86. The van der Waals surface area contributed by atoms with E-state index >= 15 is 0 Å². The molecule has 0 aliphatic rings. The molecule has 0 saturated heterocycles. The fourth-order valence-electron chi connectivity index (χ4n) is 3.19. The van der Waals surface area contributed by atoms with Crippen LogP contribution < -0.4 is 0 Å². The minimum atomic E-state index is 0.806. The number of nitrogens with zero attached hydrogens (tertiary/aromatic N) is 3. The molecule has 1 radical (unpaired) electrons. The van der Waals surface area contributed by atoms with Crippen LogP contribution in [0.25, 0.3) is 27.8 Å². The van der Waals surface area contributed by atoms with Crippen molar-refractivity contribution in [3.63, 3.8) is 0 Å². The van der Waals surface area contributed by atoms with Gasteiger partial charge in [0.2, 0.25) is 0 Å². The Kier molecular flexibility index (Phi) is 4.06. The Hall–Kier alpha value is -2.94. The standard InChI is InChI=1S/C22H20N3/c1-3-16-5-8-19(9-6-16)25-21-10-7-18(17-11-13-23-14-12-17)15-20(21)24-22(25)4-2/h5-15H,1,3-4H2,2H3. The summed E-state index contributed by atoms with van der Waals surface area (Å²) in [6.45, 7) is 6.09. The van der Waals surface area contributed by atoms with Crippen molar-refractivity contribution < 1.29 is 0 Å². The second kappa shape index (κ2) is 6.52. The normalized spacial score (nSPS) is 11.1. The number of fused-ring (bicyclic) bond motifs is 1. The number of hydrogen-bond donors (Lipinski definition) is 0. The zero-order valence-electron chi connectivity index (χ0n) is 14.3. The Morgan fingerprint density at radius 1 is 0.920 bits per heavy atom. The van der Waals surface area contributed by atoms with Crippen LogP contribution in [-0.2, 0) is 12.8 Å². The summed E-state index contributed by atoms with van der Waals surface area (Å²) in [5, 5.41) is 0. The average molecular weight is 326 g/mol. The third kappa shape index (κ3) is 2.82. The van der Waals surface area contributed by atoms with Gasteiger partial charge in [-0.1, -0.05) is 25.1 Å². The van der Waals surface area contributed by atoms with Gasteiger partial charge < -0.3 is 0 Å². The quantitative estimate of drug-likeness (QED) is 0.527. The Morgan fingerprint density at radius 2 is 1.68 bits per heavy atom. The highest BCUT2D eigenvalue weighted by atomic mass is 15.1. The van der Waals surface area contributed by atoms with Crippen molar-refractivity contribution in [3.8, 4) is 16.8 Å². The number of aryl methyl sites for hydroxylation is 1. The van der Waals surface area contributed by atoms with Crippen molar-refractivity contribution in [1.29, 1.82) is 0 Å². The molecule has 0 bridgehead atoms. The minimum absolute atomic E-state index is 0.806. The number of rotatable bonds is 4. The molecule has 2 aromatic carbocycles. The lowest BCUT2D eigenvalue weighted by molar-refractivity contribution is 0.907. The largest absolute Gasteiger partial charge is 0.296 e. The first-order chi connectivity index (χ1) is 12.3. The van der Waals surface area contributed by atoms with Gasteiger partial charge in [0.25, 0.3) is 0 Å². The van der Waals surface area contributed by atoms with Gasteiger partial charge in [-0.3, -0.25) is 9.55 Å². The number of hydrogen-bond acceptors (Lipinski definition) is 2. The van der Waals surface area contributed by atoms with Crippen LogP contribution in [0, 0.1) is 6.92 Å². The average Bonchev–Trinajstić information content (AvgIpc) is 3.06. The lowest BCUT2D eigenvalue weighted by Gasteiger charge is -2.09. The first kappa shape index (κ1) is 15.6. The second-order valence-corrected chi connectivity index (χ2v) is 6.07. The molecule has 3 heteroatoms. The molecule has 3 nitrogen and oxygen atoms in total. The molecule has 0 aliphatic carbocycles. The van der Waals surface area contributed by atoms with E-state index < -0.39 is 0 Å². The van der Waals surface area contributed by atoms with E-state index in [1.807, 2.05) is 24.5 Å². The van der Waals surface area contributed by atoms with E-state index in [-0.39, 0.29) is 0 Å². The maximum absolute atomic E-state index is 4.87. The monoisotopic (exact) mass is 326 g/mol. The first-order valence-corrected chi connectivity index (χ1v) is 8.60. The van der Waals surface area contributed by atoms with E-state index in [4.69, 9.17) is 4.98 Å². The van der Waals surface area contributed by atoms with E-state index in [2.05, 4.69) is 65.9 Å². The highest BCUT2D eigenvalue weighted by Crippen LogP contribution is 2.27. The van der Waals surface area contributed by atoms with E-state index in [1.54, 1.807) is 0 Å². The second-order valence-electron chi connectivity index (χ2n) is 6.07. The van der Waals surface area contributed by atoms with Gasteiger partial charge in [0.15, 0.2) is 0 Å². The third-order valence-corrected chi connectivity index (χ3v) is 4.54. The van der Waals surface area contributed by atoms with E-state index in [0.29, 0.717) is 0 Å². The summed E-state index contributed by atoms with van der Waals surface area (Å²) < 4.78 is 2.25. The van der Waals surface area contributed by atoms with Crippen LogP contribution >= 0.6 is 0 Å². The Balaban J connectivity index is 1.86. The summed E-state index contributed by atoms with van der Waals surface area (Å²) in [5.74, 6) is 1.07. The molecule has 0 fully saturated rings. The molecule has 0 spiro atoms. The van der Waals surface area contributed by atoms with Gasteiger partial charge in [0.05, 0.1) is 11.0 Å². The van der Waals surface area contributed by atoms with E-state index in [1.165, 1.54) is 5.56 Å². The van der Waals surface area contributed by atoms with Crippen LogP contribution in [0.5, 0.6) is 0 Å². The van der Waals surface area contributed by atoms with Gasteiger partial charge >= 0.3 is 0 Å². The molecule has 0 aliphatic heterocycles. The number of pyridine rings is 1. The van der Waals surface area contributed by atoms with Gasteiger partial charge in [-0.05, 0) is 66.4 Å². The molecule has 0 unspecified atom stereocenters. The smallest absolute Gasteiger partial charge is 0.114 e. The van der Waals surface area contributed by atoms with Crippen LogP contribution in [0.2, 0.25) is 0 Å². The molecule has 4 rings (SSSR count). The van der Waals surface area contributed by atoms with Crippen LogP contribution in [0.1, 0.15) is 18.3 Å². The molecule has 123 valence electrons. The molecule has 0 amide bonds. The summed E-state index contributed by atoms with van der Waals surface area (Å²) in [6, 6.07) is 19.1. The molecule has 4 aromatic rings. The van der Waals surface area contributed by atoms with Gasteiger partial charge in [-0.2, -0.15) is 0 Å². The van der Waals surface area contributed by atoms with Crippen molar-refractivity contribution in [2.24, 2.45) is 0 Å². The van der Waals surface area contributed by atoms with Gasteiger partial charge in [-0.25, -0.2) is 4.98 Å². The van der Waals surface area contributed by atoms with E-state index in [9.17, 15) is 0 Å². The Morgan fingerprint density at radius 3 is 2.36 bits per heavy atom. The molecule has 25 heavy (non-hydrogen) atoms. The predicted octanol–water partition coefficient (Wildman–Crippen LogP) is 5.03. The summed E-state index contributed by atoms with van der Waals surface area (Å²) in [7, 11) is 0. The molecule has 2 heterocycles. The maximum Gasteiger partial charge on any atom is 0.114 e. The lowest BCUT2D eigenvalue weighted by atomic mass is 10.1. The fourth-order valence-corrected chi connectivity index (χ4v) is 3.19. The molecular weight excluding hydrogens is 306 g/mol. The van der Waals surface area contributed by atoms with Crippen LogP contribution in [0.4, 0.5) is 0 Å². The third-order valence-electron chi connectivity index (χ3n) is 4.54. The minimum Gasteiger partial charge on any atom is -0.296 e. The first-order valence-electron chi connectivity index (χ1n) is 8.60. The highest BCUT2D eigenvalue weighted by Gasteiger charge is 2.12.